The van der Waals surface area contributed by atoms with E-state index in [1.54, 1.807) is 0 Å². The summed E-state index contributed by atoms with van der Waals surface area (Å²) >= 11 is 0. The van der Waals surface area contributed by atoms with Crippen molar-refractivity contribution < 1.29 is 9.53 Å². The lowest BCUT2D eigenvalue weighted by atomic mass is 10.0. The fourth-order valence-corrected chi connectivity index (χ4v) is 3.27. The average Bonchev–Trinajstić information content (AvgIpc) is 2.89. The largest absolute Gasteiger partial charge is 0.444 e. The number of amides is 1. The molecule has 1 amide bonds. The van der Waals surface area contributed by atoms with Gasteiger partial charge in [-0.1, -0.05) is 6.08 Å². The first-order valence-corrected chi connectivity index (χ1v) is 7.55. The standard InChI is InChI=1S/C16H23N3O2/c1-16(2,3)21-15(20)19-12-5-6-13(19)10-11(9-12)14-17-7-8-18(14)4/h7-9,12-13H,5-6,10H2,1-4H3. The molecule has 5 nitrogen and oxygen atoms in total. The molecule has 0 spiro atoms. The van der Waals surface area contributed by atoms with Gasteiger partial charge in [-0.3, -0.25) is 4.90 Å². The van der Waals surface area contributed by atoms with Crippen LogP contribution in [0, 0.1) is 0 Å². The van der Waals surface area contributed by atoms with Gasteiger partial charge in [0.2, 0.25) is 0 Å². The monoisotopic (exact) mass is 289 g/mol. The molecule has 1 aromatic heterocycles. The van der Waals surface area contributed by atoms with E-state index in [2.05, 4.69) is 11.1 Å². The molecule has 3 rings (SSSR count). The van der Waals surface area contributed by atoms with Gasteiger partial charge in [-0.15, -0.1) is 0 Å². The Bertz CT molecular complexity index is 583. The Kier molecular flexibility index (Phi) is 3.30. The van der Waals surface area contributed by atoms with E-state index < -0.39 is 5.60 Å². The second-order valence-electron chi connectivity index (χ2n) is 6.94. The third-order valence-corrected chi connectivity index (χ3v) is 4.11. The molecule has 2 aliphatic rings. The highest BCUT2D eigenvalue weighted by Gasteiger charge is 2.42. The van der Waals surface area contributed by atoms with Crippen LogP contribution < -0.4 is 0 Å². The van der Waals surface area contributed by atoms with Gasteiger partial charge in [-0.25, -0.2) is 9.78 Å². The van der Waals surface area contributed by atoms with E-state index in [4.69, 9.17) is 4.74 Å². The van der Waals surface area contributed by atoms with E-state index in [1.807, 2.05) is 49.7 Å². The van der Waals surface area contributed by atoms with Gasteiger partial charge < -0.3 is 9.30 Å². The van der Waals surface area contributed by atoms with Crippen molar-refractivity contribution in [1.29, 1.82) is 0 Å². The fraction of sp³-hybridized carbons (Fsp3) is 0.625. The molecular weight excluding hydrogens is 266 g/mol. The van der Waals surface area contributed by atoms with E-state index in [0.717, 1.165) is 25.1 Å². The highest BCUT2D eigenvalue weighted by molar-refractivity contribution is 5.73. The molecule has 2 bridgehead atoms. The summed E-state index contributed by atoms with van der Waals surface area (Å²) < 4.78 is 7.58. The molecule has 2 unspecified atom stereocenters. The van der Waals surface area contributed by atoms with E-state index >= 15 is 0 Å². The number of nitrogens with zero attached hydrogens (tertiary/aromatic N) is 3. The second kappa shape index (κ2) is 4.90. The van der Waals surface area contributed by atoms with Gasteiger partial charge in [0.05, 0.1) is 6.04 Å². The predicted octanol–water partition coefficient (Wildman–Crippen LogP) is 2.98. The summed E-state index contributed by atoms with van der Waals surface area (Å²) in [7, 11) is 2.01. The Morgan fingerprint density at radius 1 is 1.38 bits per heavy atom. The Hall–Kier alpha value is -1.78. The molecule has 1 aromatic rings. The third-order valence-electron chi connectivity index (χ3n) is 4.11. The zero-order valence-electron chi connectivity index (χ0n) is 13.2. The number of carbonyl (C=O) groups is 1. The Labute approximate surface area is 125 Å². The number of carbonyl (C=O) groups excluding carboxylic acids is 1. The molecule has 114 valence electrons. The van der Waals surface area contributed by atoms with Crippen LogP contribution in [0.3, 0.4) is 0 Å². The highest BCUT2D eigenvalue weighted by Crippen LogP contribution is 2.38. The van der Waals surface area contributed by atoms with Crippen LogP contribution in [0.2, 0.25) is 0 Å². The van der Waals surface area contributed by atoms with Crippen molar-refractivity contribution >= 4 is 11.7 Å². The summed E-state index contributed by atoms with van der Waals surface area (Å²) in [6, 6.07) is 0.381. The van der Waals surface area contributed by atoms with Crippen molar-refractivity contribution in [3.05, 3.63) is 24.3 Å². The van der Waals surface area contributed by atoms with Gasteiger partial charge >= 0.3 is 6.09 Å². The summed E-state index contributed by atoms with van der Waals surface area (Å²) in [5.74, 6) is 1.01. The first-order valence-electron chi connectivity index (χ1n) is 7.55. The Morgan fingerprint density at radius 3 is 2.71 bits per heavy atom. The molecule has 0 saturated carbocycles. The number of aromatic nitrogens is 2. The van der Waals surface area contributed by atoms with Gasteiger partial charge in [0.25, 0.3) is 0 Å². The molecule has 1 fully saturated rings. The molecule has 0 aromatic carbocycles. The average molecular weight is 289 g/mol. The number of ether oxygens (including phenoxy) is 1. The molecule has 2 atom stereocenters. The molecule has 0 N–H and O–H groups in total. The van der Waals surface area contributed by atoms with Crippen molar-refractivity contribution in [3.63, 3.8) is 0 Å². The van der Waals surface area contributed by atoms with Crippen LogP contribution in [0.1, 0.15) is 45.9 Å². The summed E-state index contributed by atoms with van der Waals surface area (Å²) in [5.41, 5.74) is 0.801. The molecule has 21 heavy (non-hydrogen) atoms. The molecule has 5 heteroatoms. The number of hydrogen-bond donors (Lipinski definition) is 0. The minimum absolute atomic E-state index is 0.144. The van der Waals surface area contributed by atoms with Gasteiger partial charge in [0, 0.05) is 25.5 Å². The molecule has 2 aliphatic heterocycles. The van der Waals surface area contributed by atoms with E-state index in [-0.39, 0.29) is 18.2 Å². The lowest BCUT2D eigenvalue weighted by Crippen LogP contribution is -2.45. The van der Waals surface area contributed by atoms with Crippen LogP contribution in [0.4, 0.5) is 4.79 Å². The van der Waals surface area contributed by atoms with Crippen molar-refractivity contribution in [2.24, 2.45) is 7.05 Å². The van der Waals surface area contributed by atoms with Crippen LogP contribution >= 0.6 is 0 Å². The number of rotatable bonds is 1. The summed E-state index contributed by atoms with van der Waals surface area (Å²) in [4.78, 5) is 18.7. The maximum Gasteiger partial charge on any atom is 0.411 e. The van der Waals surface area contributed by atoms with Crippen LogP contribution in [0.25, 0.3) is 5.57 Å². The lowest BCUT2D eigenvalue weighted by Gasteiger charge is -2.35. The van der Waals surface area contributed by atoms with Crippen molar-refractivity contribution in [3.8, 4) is 0 Å². The second-order valence-corrected chi connectivity index (χ2v) is 6.94. The van der Waals surface area contributed by atoms with Crippen LogP contribution in [-0.2, 0) is 11.8 Å². The maximum atomic E-state index is 12.4. The zero-order chi connectivity index (χ0) is 15.2. The number of aryl methyl sites for hydroxylation is 1. The van der Waals surface area contributed by atoms with E-state index in [0.29, 0.717) is 0 Å². The van der Waals surface area contributed by atoms with Crippen LogP contribution in [0.15, 0.2) is 18.5 Å². The summed E-state index contributed by atoms with van der Waals surface area (Å²) in [6.45, 7) is 5.73. The van der Waals surface area contributed by atoms with Gasteiger partial charge in [-0.2, -0.15) is 0 Å². The van der Waals surface area contributed by atoms with E-state index in [1.165, 1.54) is 5.57 Å². The van der Waals surface area contributed by atoms with Crippen molar-refractivity contribution in [2.45, 2.75) is 57.7 Å². The maximum absolute atomic E-state index is 12.4. The number of hydrogen-bond acceptors (Lipinski definition) is 3. The number of fused-ring (bicyclic) bond motifs is 2. The van der Waals surface area contributed by atoms with Crippen molar-refractivity contribution in [2.75, 3.05) is 0 Å². The predicted molar refractivity (Wildman–Crippen MR) is 80.7 cm³/mol. The summed E-state index contributed by atoms with van der Waals surface area (Å²) in [5, 5.41) is 0. The SMILES string of the molecule is Cn1ccnc1C1=CC2CCC(C1)N2C(=O)OC(C)(C)C. The number of imidazole rings is 1. The van der Waals surface area contributed by atoms with Gasteiger partial charge in [0.15, 0.2) is 0 Å². The molecular formula is C16H23N3O2. The van der Waals surface area contributed by atoms with Gasteiger partial charge in [-0.05, 0) is 45.6 Å². The molecule has 1 saturated heterocycles. The smallest absolute Gasteiger partial charge is 0.411 e. The minimum Gasteiger partial charge on any atom is -0.444 e. The minimum atomic E-state index is -0.444. The topological polar surface area (TPSA) is 47.4 Å². The third kappa shape index (κ3) is 2.69. The molecule has 0 aliphatic carbocycles. The normalized spacial score (nSPS) is 25.0. The first-order chi connectivity index (χ1) is 9.85. The highest BCUT2D eigenvalue weighted by atomic mass is 16.6. The van der Waals surface area contributed by atoms with Crippen LogP contribution in [0.5, 0.6) is 0 Å². The molecule has 0 radical (unpaired) electrons. The summed E-state index contributed by atoms with van der Waals surface area (Å²) in [6.07, 6.45) is 8.68. The van der Waals surface area contributed by atoms with Crippen LogP contribution in [-0.4, -0.2) is 38.2 Å². The zero-order valence-corrected chi connectivity index (χ0v) is 13.2. The Balaban J connectivity index is 1.82. The first kappa shape index (κ1) is 14.2. The van der Waals surface area contributed by atoms with Gasteiger partial charge in [0.1, 0.15) is 11.4 Å². The lowest BCUT2D eigenvalue weighted by molar-refractivity contribution is 0.0175. The molecule has 3 heterocycles. The van der Waals surface area contributed by atoms with Crippen molar-refractivity contribution in [1.82, 2.24) is 14.5 Å². The van der Waals surface area contributed by atoms with E-state index in [9.17, 15) is 4.79 Å². The quantitative estimate of drug-likeness (QED) is 0.798. The Morgan fingerprint density at radius 2 is 2.14 bits per heavy atom. The fourth-order valence-electron chi connectivity index (χ4n) is 3.27.